The lowest BCUT2D eigenvalue weighted by Gasteiger charge is -2.50. The number of carbonyl (C=O) groups is 1. The fourth-order valence-electron chi connectivity index (χ4n) is 5.32. The first-order valence-electron chi connectivity index (χ1n) is 9.31. The van der Waals surface area contributed by atoms with Gasteiger partial charge in [0.1, 0.15) is 0 Å². The van der Waals surface area contributed by atoms with Gasteiger partial charge in [0.15, 0.2) is 23.4 Å². The molecule has 2 aliphatic carbocycles. The summed E-state index contributed by atoms with van der Waals surface area (Å²) in [4.78, 5) is 15.3. The van der Waals surface area contributed by atoms with Crippen LogP contribution < -0.4 is 9.47 Å². The zero-order chi connectivity index (χ0) is 16.3. The average Bonchev–Trinajstić information content (AvgIpc) is 3.35. The molecule has 3 unspecified atom stereocenters. The summed E-state index contributed by atoms with van der Waals surface area (Å²) in [5.41, 5.74) is 1.09. The summed E-state index contributed by atoms with van der Waals surface area (Å²) in [6.07, 6.45) is 5.18. The van der Waals surface area contributed by atoms with Gasteiger partial charge in [-0.3, -0.25) is 4.79 Å². The van der Waals surface area contributed by atoms with Gasteiger partial charge in [-0.25, -0.2) is 0 Å². The van der Waals surface area contributed by atoms with Crippen molar-refractivity contribution in [3.63, 3.8) is 0 Å². The summed E-state index contributed by atoms with van der Waals surface area (Å²) in [5.74, 6) is 3.30. The molecule has 3 atom stereocenters. The van der Waals surface area contributed by atoms with E-state index in [1.807, 2.05) is 12.1 Å². The molecule has 4 heteroatoms. The van der Waals surface area contributed by atoms with Crippen molar-refractivity contribution < 1.29 is 14.3 Å². The monoisotopic (exact) mass is 327 g/mol. The SMILES string of the molecule is COc1cccc2c1OC1C(=O)CCC3CN(CC4CC4)CCC231. The van der Waals surface area contributed by atoms with E-state index in [-0.39, 0.29) is 17.3 Å². The Morgan fingerprint density at radius 3 is 3.00 bits per heavy atom. The molecule has 1 spiro atoms. The maximum atomic E-state index is 12.7. The van der Waals surface area contributed by atoms with Crippen LogP contribution in [0.1, 0.15) is 37.7 Å². The third kappa shape index (κ3) is 1.98. The number of hydrogen-bond acceptors (Lipinski definition) is 4. The molecule has 2 aliphatic heterocycles. The molecule has 0 bridgehead atoms. The minimum atomic E-state index is -0.300. The Kier molecular flexibility index (Phi) is 3.21. The van der Waals surface area contributed by atoms with Gasteiger partial charge in [0.05, 0.1) is 7.11 Å². The number of para-hydroxylation sites is 1. The largest absolute Gasteiger partial charge is 0.493 e. The van der Waals surface area contributed by atoms with Crippen molar-refractivity contribution in [2.24, 2.45) is 11.8 Å². The summed E-state index contributed by atoms with van der Waals surface area (Å²) in [7, 11) is 1.68. The molecule has 2 heterocycles. The molecule has 3 fully saturated rings. The second kappa shape index (κ2) is 5.22. The topological polar surface area (TPSA) is 38.8 Å². The molecule has 0 aromatic heterocycles. The number of ether oxygens (including phenoxy) is 2. The lowest BCUT2D eigenvalue weighted by atomic mass is 9.58. The van der Waals surface area contributed by atoms with Crippen molar-refractivity contribution in [3.05, 3.63) is 23.8 Å². The summed E-state index contributed by atoms with van der Waals surface area (Å²) in [6, 6.07) is 6.15. The number of nitrogens with zero attached hydrogens (tertiary/aromatic N) is 1. The normalized spacial score (nSPS) is 35.0. The summed E-state index contributed by atoms with van der Waals surface area (Å²) < 4.78 is 11.8. The van der Waals surface area contributed by atoms with Gasteiger partial charge >= 0.3 is 0 Å². The Bertz CT molecular complexity index is 683. The van der Waals surface area contributed by atoms with Gasteiger partial charge < -0.3 is 14.4 Å². The fraction of sp³-hybridized carbons (Fsp3) is 0.650. The molecule has 0 radical (unpaired) electrons. The van der Waals surface area contributed by atoms with E-state index in [1.54, 1.807) is 7.11 Å². The minimum absolute atomic E-state index is 0.126. The number of Topliss-reactive ketones (excluding diaryl/α,β-unsaturated/α-hetero) is 1. The first kappa shape index (κ1) is 14.8. The maximum Gasteiger partial charge on any atom is 0.174 e. The van der Waals surface area contributed by atoms with Crippen LogP contribution in [0.15, 0.2) is 18.2 Å². The van der Waals surface area contributed by atoms with E-state index < -0.39 is 0 Å². The van der Waals surface area contributed by atoms with Crippen LogP contribution in [0.5, 0.6) is 11.5 Å². The molecule has 0 amide bonds. The molecule has 2 saturated carbocycles. The van der Waals surface area contributed by atoms with Crippen molar-refractivity contribution in [3.8, 4) is 11.5 Å². The molecule has 0 N–H and O–H groups in total. The second-order valence-corrected chi connectivity index (χ2v) is 8.03. The van der Waals surface area contributed by atoms with Crippen molar-refractivity contribution in [1.82, 2.24) is 4.90 Å². The molecular formula is C20H25NO3. The highest BCUT2D eigenvalue weighted by Crippen LogP contribution is 2.58. The molecular weight excluding hydrogens is 302 g/mol. The smallest absolute Gasteiger partial charge is 0.174 e. The number of fused-ring (bicyclic) bond motifs is 1. The highest BCUT2D eigenvalue weighted by molar-refractivity contribution is 5.88. The zero-order valence-corrected chi connectivity index (χ0v) is 14.3. The quantitative estimate of drug-likeness (QED) is 0.856. The van der Waals surface area contributed by atoms with E-state index in [9.17, 15) is 4.79 Å². The van der Waals surface area contributed by atoms with Crippen molar-refractivity contribution in [2.75, 3.05) is 26.7 Å². The summed E-state index contributed by atoms with van der Waals surface area (Å²) in [5, 5.41) is 0. The number of ketones is 1. The standard InChI is InChI=1S/C20H25NO3/c1-23-17-4-2-3-15-18(17)24-19-16(22)8-7-14-12-21(11-13-5-6-13)10-9-20(14,15)19/h2-4,13-14,19H,5-12H2,1H3. The Morgan fingerprint density at radius 1 is 1.33 bits per heavy atom. The van der Waals surface area contributed by atoms with Gasteiger partial charge in [-0.05, 0) is 50.1 Å². The predicted molar refractivity (Wildman–Crippen MR) is 90.6 cm³/mol. The number of benzene rings is 1. The lowest BCUT2D eigenvalue weighted by Crippen LogP contribution is -2.59. The fourth-order valence-corrected chi connectivity index (χ4v) is 5.32. The number of likely N-dealkylation sites (tertiary alicyclic amines) is 1. The van der Waals surface area contributed by atoms with Gasteiger partial charge in [-0.15, -0.1) is 0 Å². The van der Waals surface area contributed by atoms with Gasteiger partial charge in [-0.1, -0.05) is 12.1 Å². The number of methoxy groups -OCH3 is 1. The van der Waals surface area contributed by atoms with Crippen LogP contribution in [0, 0.1) is 11.8 Å². The second-order valence-electron chi connectivity index (χ2n) is 8.03. The van der Waals surface area contributed by atoms with Crippen molar-refractivity contribution >= 4 is 5.78 Å². The third-order valence-electron chi connectivity index (χ3n) is 6.70. The molecule has 128 valence electrons. The molecule has 4 aliphatic rings. The Morgan fingerprint density at radius 2 is 2.21 bits per heavy atom. The molecule has 4 nitrogen and oxygen atoms in total. The van der Waals surface area contributed by atoms with Crippen molar-refractivity contribution in [2.45, 2.75) is 43.6 Å². The first-order chi connectivity index (χ1) is 11.7. The van der Waals surface area contributed by atoms with Crippen molar-refractivity contribution in [1.29, 1.82) is 0 Å². The molecule has 24 heavy (non-hydrogen) atoms. The maximum absolute atomic E-state index is 12.7. The van der Waals surface area contributed by atoms with E-state index in [0.717, 1.165) is 43.3 Å². The van der Waals surface area contributed by atoms with E-state index in [1.165, 1.54) is 24.9 Å². The van der Waals surface area contributed by atoms with Crippen LogP contribution >= 0.6 is 0 Å². The van der Waals surface area contributed by atoms with Gasteiger partial charge in [0.25, 0.3) is 0 Å². The lowest BCUT2D eigenvalue weighted by molar-refractivity contribution is -0.135. The van der Waals surface area contributed by atoms with Crippen LogP contribution in [0.3, 0.4) is 0 Å². The van der Waals surface area contributed by atoms with Crippen LogP contribution in [-0.4, -0.2) is 43.5 Å². The predicted octanol–water partition coefficient (Wildman–Crippen LogP) is 2.79. The third-order valence-corrected chi connectivity index (χ3v) is 6.70. The number of rotatable bonds is 3. The van der Waals surface area contributed by atoms with Gasteiger partial charge in [0.2, 0.25) is 0 Å². The first-order valence-corrected chi connectivity index (χ1v) is 9.31. The van der Waals surface area contributed by atoms with Crippen LogP contribution in [0.4, 0.5) is 0 Å². The highest BCUT2D eigenvalue weighted by atomic mass is 16.5. The summed E-state index contributed by atoms with van der Waals surface area (Å²) >= 11 is 0. The van der Waals surface area contributed by atoms with E-state index in [2.05, 4.69) is 11.0 Å². The zero-order valence-electron chi connectivity index (χ0n) is 14.3. The molecule has 1 aromatic carbocycles. The Labute approximate surface area is 143 Å². The Balaban J connectivity index is 1.54. The van der Waals surface area contributed by atoms with E-state index in [0.29, 0.717) is 12.3 Å². The van der Waals surface area contributed by atoms with Gasteiger partial charge in [0, 0.05) is 30.5 Å². The Hall–Kier alpha value is -1.55. The average molecular weight is 327 g/mol. The minimum Gasteiger partial charge on any atom is -0.493 e. The number of carbonyl (C=O) groups excluding carboxylic acids is 1. The van der Waals surface area contributed by atoms with Crippen LogP contribution in [0.25, 0.3) is 0 Å². The number of hydrogen-bond donors (Lipinski definition) is 0. The number of piperidine rings is 1. The molecule has 1 saturated heterocycles. The van der Waals surface area contributed by atoms with Gasteiger partial charge in [-0.2, -0.15) is 0 Å². The molecule has 5 rings (SSSR count). The van der Waals surface area contributed by atoms with Crippen LogP contribution in [-0.2, 0) is 10.2 Å². The van der Waals surface area contributed by atoms with Crippen LogP contribution in [0.2, 0.25) is 0 Å². The van der Waals surface area contributed by atoms with E-state index in [4.69, 9.17) is 9.47 Å². The van der Waals surface area contributed by atoms with E-state index >= 15 is 0 Å². The molecule has 1 aromatic rings. The highest BCUT2D eigenvalue weighted by Gasteiger charge is 2.60. The summed E-state index contributed by atoms with van der Waals surface area (Å²) in [6.45, 7) is 3.44.